The minimum atomic E-state index is -1.07. The van der Waals surface area contributed by atoms with Crippen molar-refractivity contribution in [3.8, 4) is 11.3 Å². The van der Waals surface area contributed by atoms with E-state index in [4.69, 9.17) is 0 Å². The van der Waals surface area contributed by atoms with Crippen LogP contribution in [-0.2, 0) is 0 Å². The SMILES string of the molecule is CCN1CCC(C(F)c2ccc(Nc3ncc(F)c(-c4cc(F)c5nc(C)n(C(C)C)c5c4)n3)nc2)CC1. The van der Waals surface area contributed by atoms with Crippen molar-refractivity contribution in [3.05, 3.63) is 59.7 Å². The van der Waals surface area contributed by atoms with Gasteiger partial charge in [0.15, 0.2) is 11.6 Å². The van der Waals surface area contributed by atoms with Crippen LogP contribution in [0, 0.1) is 24.5 Å². The zero-order valence-electron chi connectivity index (χ0n) is 22.0. The number of halogens is 3. The quantitative estimate of drug-likeness (QED) is 0.297. The lowest BCUT2D eigenvalue weighted by atomic mass is 9.89. The zero-order valence-corrected chi connectivity index (χ0v) is 22.0. The number of likely N-dealkylation sites (tertiary alicyclic amines) is 1. The van der Waals surface area contributed by atoms with E-state index in [2.05, 4.69) is 37.1 Å². The number of imidazole rings is 1. The van der Waals surface area contributed by atoms with Gasteiger partial charge in [-0.1, -0.05) is 13.0 Å². The summed E-state index contributed by atoms with van der Waals surface area (Å²) >= 11 is 0. The number of alkyl halides is 1. The molecule has 10 heteroatoms. The van der Waals surface area contributed by atoms with Crippen molar-refractivity contribution in [1.29, 1.82) is 0 Å². The average molecular weight is 524 g/mol. The maximum atomic E-state index is 15.1. The summed E-state index contributed by atoms with van der Waals surface area (Å²) in [4.78, 5) is 19.3. The van der Waals surface area contributed by atoms with Crippen molar-refractivity contribution in [3.63, 3.8) is 0 Å². The summed E-state index contributed by atoms with van der Waals surface area (Å²) < 4.78 is 46.8. The Balaban J connectivity index is 1.37. The second kappa shape index (κ2) is 10.7. The van der Waals surface area contributed by atoms with Crippen LogP contribution in [0.25, 0.3) is 22.3 Å². The molecule has 0 spiro atoms. The van der Waals surface area contributed by atoms with Crippen LogP contribution in [0.15, 0.2) is 36.7 Å². The molecule has 0 saturated carbocycles. The van der Waals surface area contributed by atoms with Crippen LogP contribution in [0.3, 0.4) is 0 Å². The molecule has 0 radical (unpaired) electrons. The Morgan fingerprint density at radius 1 is 1.03 bits per heavy atom. The zero-order chi connectivity index (χ0) is 27.0. The molecule has 0 bridgehead atoms. The van der Waals surface area contributed by atoms with Crippen LogP contribution in [0.2, 0.25) is 0 Å². The van der Waals surface area contributed by atoms with Crippen molar-refractivity contribution >= 4 is 22.8 Å². The van der Waals surface area contributed by atoms with Gasteiger partial charge in [0, 0.05) is 23.4 Å². The van der Waals surface area contributed by atoms with E-state index in [1.165, 1.54) is 12.3 Å². The summed E-state index contributed by atoms with van der Waals surface area (Å²) in [6.45, 7) is 10.7. The molecule has 1 saturated heterocycles. The highest BCUT2D eigenvalue weighted by molar-refractivity contribution is 5.83. The number of piperidine rings is 1. The van der Waals surface area contributed by atoms with Crippen LogP contribution in [0.4, 0.5) is 24.9 Å². The number of hydrogen-bond donors (Lipinski definition) is 1. The van der Waals surface area contributed by atoms with Crippen LogP contribution < -0.4 is 5.32 Å². The van der Waals surface area contributed by atoms with Crippen LogP contribution in [-0.4, -0.2) is 49.0 Å². The number of benzene rings is 1. The van der Waals surface area contributed by atoms with Crippen molar-refractivity contribution < 1.29 is 13.2 Å². The fourth-order valence-corrected chi connectivity index (χ4v) is 5.28. The van der Waals surface area contributed by atoms with Gasteiger partial charge in [0.05, 0.1) is 11.7 Å². The van der Waals surface area contributed by atoms with E-state index < -0.39 is 17.8 Å². The van der Waals surface area contributed by atoms with Gasteiger partial charge in [-0.2, -0.15) is 0 Å². The minimum absolute atomic E-state index is 0.0186. The van der Waals surface area contributed by atoms with E-state index in [0.717, 1.165) is 38.7 Å². The predicted molar refractivity (Wildman–Crippen MR) is 142 cm³/mol. The van der Waals surface area contributed by atoms with E-state index in [9.17, 15) is 8.78 Å². The molecule has 4 aromatic rings. The Bertz CT molecular complexity index is 1430. The van der Waals surface area contributed by atoms with Gasteiger partial charge in [0.1, 0.15) is 29.0 Å². The highest BCUT2D eigenvalue weighted by Gasteiger charge is 2.27. The Labute approximate surface area is 220 Å². The van der Waals surface area contributed by atoms with Gasteiger partial charge in [0.2, 0.25) is 5.95 Å². The third-order valence-corrected chi connectivity index (χ3v) is 7.30. The maximum Gasteiger partial charge on any atom is 0.229 e. The Morgan fingerprint density at radius 3 is 2.45 bits per heavy atom. The molecule has 1 atom stereocenters. The van der Waals surface area contributed by atoms with Gasteiger partial charge in [-0.25, -0.2) is 33.1 Å². The highest BCUT2D eigenvalue weighted by atomic mass is 19.1. The molecule has 0 aliphatic carbocycles. The van der Waals surface area contributed by atoms with Crippen molar-refractivity contribution in [2.24, 2.45) is 5.92 Å². The van der Waals surface area contributed by atoms with Crippen molar-refractivity contribution in [2.75, 3.05) is 25.0 Å². The predicted octanol–water partition coefficient (Wildman–Crippen LogP) is 6.54. The Morgan fingerprint density at radius 2 is 1.79 bits per heavy atom. The largest absolute Gasteiger partial charge is 0.326 e. The van der Waals surface area contributed by atoms with E-state index in [1.54, 1.807) is 18.2 Å². The summed E-state index contributed by atoms with van der Waals surface area (Å²) in [7, 11) is 0. The maximum absolute atomic E-state index is 15.1. The second-order valence-corrected chi connectivity index (χ2v) is 10.1. The lowest BCUT2D eigenvalue weighted by Gasteiger charge is -2.32. The van der Waals surface area contributed by atoms with Gasteiger partial charge < -0.3 is 14.8 Å². The van der Waals surface area contributed by atoms with Gasteiger partial charge in [0.25, 0.3) is 0 Å². The number of rotatable bonds is 7. The van der Waals surface area contributed by atoms with Crippen LogP contribution in [0.5, 0.6) is 0 Å². The second-order valence-electron chi connectivity index (χ2n) is 10.1. The summed E-state index contributed by atoms with van der Waals surface area (Å²) in [6.07, 6.45) is 3.13. The van der Waals surface area contributed by atoms with Gasteiger partial charge >= 0.3 is 0 Å². The first-order valence-corrected chi connectivity index (χ1v) is 13.1. The normalized spacial score (nSPS) is 15.9. The molecule has 1 fully saturated rings. The first-order chi connectivity index (χ1) is 18.2. The molecule has 0 amide bonds. The summed E-state index contributed by atoms with van der Waals surface area (Å²) in [5.41, 5.74) is 1.57. The molecule has 5 rings (SSSR count). The lowest BCUT2D eigenvalue weighted by Crippen LogP contribution is -2.34. The molecule has 1 aliphatic heterocycles. The number of nitrogens with zero attached hydrogens (tertiary/aromatic N) is 6. The molecule has 3 aromatic heterocycles. The van der Waals surface area contributed by atoms with Crippen LogP contribution in [0.1, 0.15) is 57.2 Å². The molecule has 1 N–H and O–H groups in total. The summed E-state index contributed by atoms with van der Waals surface area (Å²) in [5, 5.41) is 2.95. The van der Waals surface area contributed by atoms with Crippen LogP contribution >= 0.6 is 0 Å². The minimum Gasteiger partial charge on any atom is -0.326 e. The number of hydrogen-bond acceptors (Lipinski definition) is 6. The third kappa shape index (κ3) is 5.09. The van der Waals surface area contributed by atoms with Gasteiger partial charge in [-0.05, 0) is 77.4 Å². The molecule has 200 valence electrons. The molecule has 7 nitrogen and oxygen atoms in total. The number of nitrogens with one attached hydrogen (secondary N) is 1. The first kappa shape index (κ1) is 26.1. The van der Waals surface area contributed by atoms with Crippen molar-refractivity contribution in [1.82, 2.24) is 29.4 Å². The number of aromatic nitrogens is 5. The Hall–Kier alpha value is -3.53. The van der Waals surface area contributed by atoms with Crippen molar-refractivity contribution in [2.45, 2.75) is 52.8 Å². The van der Waals surface area contributed by atoms with Gasteiger partial charge in [-0.15, -0.1) is 0 Å². The molecule has 38 heavy (non-hydrogen) atoms. The van der Waals surface area contributed by atoms with E-state index in [-0.39, 0.29) is 34.7 Å². The number of fused-ring (bicyclic) bond motifs is 1. The first-order valence-electron chi connectivity index (χ1n) is 13.1. The molecule has 4 heterocycles. The van der Waals surface area contributed by atoms with E-state index >= 15 is 4.39 Å². The van der Waals surface area contributed by atoms with E-state index in [0.29, 0.717) is 22.7 Å². The Kier molecular flexibility index (Phi) is 7.34. The number of pyridine rings is 1. The van der Waals surface area contributed by atoms with E-state index in [1.807, 2.05) is 25.3 Å². The molecular weight excluding hydrogens is 491 g/mol. The number of aryl methyl sites for hydroxylation is 1. The topological polar surface area (TPSA) is 71.8 Å². The fourth-order valence-electron chi connectivity index (χ4n) is 5.28. The summed E-state index contributed by atoms with van der Waals surface area (Å²) in [6, 6.07) is 6.32. The number of anilines is 2. The summed E-state index contributed by atoms with van der Waals surface area (Å²) in [5.74, 6) is -0.0814. The molecule has 1 unspecified atom stereocenters. The third-order valence-electron chi connectivity index (χ3n) is 7.30. The highest BCUT2D eigenvalue weighted by Crippen LogP contribution is 2.34. The fraction of sp³-hybridized carbons (Fsp3) is 0.429. The standard InChI is InChI=1S/C28H32F3N7/c1-5-37-10-8-18(9-11-37)25(31)19-6-7-24(32-14-19)35-28-33-15-22(30)26(36-28)20-12-21(29)27-23(13-20)38(16(2)3)17(4)34-27/h6-7,12-16,18,25H,5,8-11H2,1-4H3,(H,32,33,35,36). The molecule has 1 aliphatic rings. The lowest BCUT2D eigenvalue weighted by molar-refractivity contribution is 0.124. The monoisotopic (exact) mass is 523 g/mol. The molecular formula is C28H32F3N7. The molecule has 1 aromatic carbocycles. The van der Waals surface area contributed by atoms with Gasteiger partial charge in [-0.3, -0.25) is 0 Å². The smallest absolute Gasteiger partial charge is 0.229 e. The average Bonchev–Trinajstić information content (AvgIpc) is 3.26.